The van der Waals surface area contributed by atoms with Crippen molar-refractivity contribution in [1.82, 2.24) is 10.2 Å². The predicted octanol–water partition coefficient (Wildman–Crippen LogP) is 2.61. The van der Waals surface area contributed by atoms with Crippen molar-refractivity contribution in [3.05, 3.63) is 59.7 Å². The van der Waals surface area contributed by atoms with Gasteiger partial charge in [-0.3, -0.25) is 0 Å². The molecule has 2 heterocycles. The number of ether oxygens (including phenoxy) is 2. The summed E-state index contributed by atoms with van der Waals surface area (Å²) in [5, 5.41) is 12.7. The first-order valence-electron chi connectivity index (χ1n) is 8.38. The number of carbonyl (C=O) groups excluding carboxylic acids is 1. The van der Waals surface area contributed by atoms with Crippen molar-refractivity contribution in [2.75, 3.05) is 26.3 Å². The van der Waals surface area contributed by atoms with Crippen molar-refractivity contribution < 1.29 is 19.4 Å². The number of para-hydroxylation sites is 1. The smallest absolute Gasteiger partial charge is 0.318 e. The molecule has 0 radical (unpaired) electrons. The maximum absolute atomic E-state index is 12.7. The summed E-state index contributed by atoms with van der Waals surface area (Å²) >= 11 is 0. The first kappa shape index (κ1) is 15.8. The molecule has 130 valence electrons. The molecular formula is C19H20N2O4. The fourth-order valence-electron chi connectivity index (χ4n) is 3.28. The fourth-order valence-corrected chi connectivity index (χ4v) is 3.28. The van der Waals surface area contributed by atoms with Crippen molar-refractivity contribution >= 4 is 6.03 Å². The number of aromatic hydroxyl groups is 1. The van der Waals surface area contributed by atoms with Crippen LogP contribution < -0.4 is 10.1 Å². The highest BCUT2D eigenvalue weighted by atomic mass is 16.5. The molecule has 2 atom stereocenters. The van der Waals surface area contributed by atoms with E-state index < -0.39 is 0 Å². The molecule has 0 aliphatic carbocycles. The SMILES string of the molecule is O=C(NC1COc2ccccc21)N1CCOC(c2cccc(O)c2)C1. The number of rotatable bonds is 2. The third-order valence-electron chi connectivity index (χ3n) is 4.59. The third kappa shape index (κ3) is 3.25. The Morgan fingerprint density at radius 2 is 2.08 bits per heavy atom. The normalized spacial score (nSPS) is 22.2. The minimum absolute atomic E-state index is 0.126. The Bertz CT molecular complexity index is 780. The van der Waals surface area contributed by atoms with Crippen molar-refractivity contribution in [2.45, 2.75) is 12.1 Å². The highest BCUT2D eigenvalue weighted by Crippen LogP contribution is 2.32. The van der Waals surface area contributed by atoms with Crippen LogP contribution in [0.25, 0.3) is 0 Å². The van der Waals surface area contributed by atoms with Crippen LogP contribution in [0.4, 0.5) is 4.79 Å². The maximum Gasteiger partial charge on any atom is 0.318 e. The summed E-state index contributed by atoms with van der Waals surface area (Å²) < 4.78 is 11.4. The minimum Gasteiger partial charge on any atom is -0.508 e. The molecule has 6 heteroatoms. The lowest BCUT2D eigenvalue weighted by molar-refractivity contribution is -0.0159. The van der Waals surface area contributed by atoms with E-state index in [1.165, 1.54) is 0 Å². The molecule has 2 amide bonds. The summed E-state index contributed by atoms with van der Waals surface area (Å²) in [4.78, 5) is 14.4. The van der Waals surface area contributed by atoms with E-state index in [1.54, 1.807) is 23.1 Å². The second kappa shape index (κ2) is 6.64. The number of morpholine rings is 1. The fraction of sp³-hybridized carbons (Fsp3) is 0.316. The summed E-state index contributed by atoms with van der Waals surface area (Å²) in [6.45, 7) is 1.90. The van der Waals surface area contributed by atoms with Gasteiger partial charge in [0.2, 0.25) is 0 Å². The molecule has 2 aliphatic heterocycles. The maximum atomic E-state index is 12.7. The van der Waals surface area contributed by atoms with Gasteiger partial charge in [-0.25, -0.2) is 4.79 Å². The van der Waals surface area contributed by atoms with Gasteiger partial charge in [0, 0.05) is 12.1 Å². The zero-order valence-electron chi connectivity index (χ0n) is 13.7. The summed E-state index contributed by atoms with van der Waals surface area (Å²) in [7, 11) is 0. The average molecular weight is 340 g/mol. The second-order valence-corrected chi connectivity index (χ2v) is 6.25. The summed E-state index contributed by atoms with van der Waals surface area (Å²) in [5.41, 5.74) is 1.88. The Kier molecular flexibility index (Phi) is 4.19. The van der Waals surface area contributed by atoms with E-state index in [-0.39, 0.29) is 23.9 Å². The minimum atomic E-state index is -0.237. The van der Waals surface area contributed by atoms with Crippen molar-refractivity contribution in [2.24, 2.45) is 0 Å². The topological polar surface area (TPSA) is 71.0 Å². The lowest BCUT2D eigenvalue weighted by atomic mass is 10.1. The molecule has 25 heavy (non-hydrogen) atoms. The number of nitrogens with zero attached hydrogens (tertiary/aromatic N) is 1. The largest absolute Gasteiger partial charge is 0.508 e. The predicted molar refractivity (Wildman–Crippen MR) is 91.6 cm³/mol. The van der Waals surface area contributed by atoms with Crippen LogP contribution in [0.1, 0.15) is 23.3 Å². The number of urea groups is 1. The number of hydrogen-bond acceptors (Lipinski definition) is 4. The van der Waals surface area contributed by atoms with E-state index in [2.05, 4.69) is 5.32 Å². The van der Waals surface area contributed by atoms with Crippen molar-refractivity contribution in [1.29, 1.82) is 0 Å². The molecular weight excluding hydrogens is 320 g/mol. The van der Waals surface area contributed by atoms with Crippen molar-refractivity contribution in [3.63, 3.8) is 0 Å². The number of phenolic OH excluding ortho intramolecular Hbond substituents is 1. The Hall–Kier alpha value is -2.73. The van der Waals surface area contributed by atoms with Gasteiger partial charge in [-0.1, -0.05) is 30.3 Å². The Labute approximate surface area is 146 Å². The zero-order valence-corrected chi connectivity index (χ0v) is 13.7. The van der Waals surface area contributed by atoms with Crippen LogP contribution in [-0.4, -0.2) is 42.3 Å². The van der Waals surface area contributed by atoms with Crippen LogP contribution in [0, 0.1) is 0 Å². The van der Waals surface area contributed by atoms with Crippen LogP contribution >= 0.6 is 0 Å². The molecule has 2 aromatic carbocycles. The molecule has 6 nitrogen and oxygen atoms in total. The standard InChI is InChI=1S/C19H20N2O4/c22-14-5-3-4-13(10-14)18-11-21(8-9-24-18)19(23)20-16-12-25-17-7-2-1-6-15(16)17/h1-7,10,16,18,22H,8-9,11-12H2,(H,20,23). The number of fused-ring (bicyclic) bond motifs is 1. The number of amides is 2. The van der Waals surface area contributed by atoms with E-state index in [1.807, 2.05) is 30.3 Å². The molecule has 1 fully saturated rings. The molecule has 0 saturated carbocycles. The third-order valence-corrected chi connectivity index (χ3v) is 4.59. The highest BCUT2D eigenvalue weighted by Gasteiger charge is 2.30. The van der Waals surface area contributed by atoms with Gasteiger partial charge in [0.1, 0.15) is 24.2 Å². The van der Waals surface area contributed by atoms with Gasteiger partial charge in [0.15, 0.2) is 0 Å². The summed E-state index contributed by atoms with van der Waals surface area (Å²) in [6, 6.07) is 14.5. The quantitative estimate of drug-likeness (QED) is 0.882. The number of benzene rings is 2. The van der Waals surface area contributed by atoms with Gasteiger partial charge in [-0.2, -0.15) is 0 Å². The Morgan fingerprint density at radius 3 is 2.96 bits per heavy atom. The molecule has 2 N–H and O–H groups in total. The highest BCUT2D eigenvalue weighted by molar-refractivity contribution is 5.75. The molecule has 2 aromatic rings. The first-order chi connectivity index (χ1) is 12.2. The van der Waals surface area contributed by atoms with Gasteiger partial charge in [0.05, 0.1) is 19.2 Å². The van der Waals surface area contributed by atoms with E-state index in [4.69, 9.17) is 9.47 Å². The number of carbonyl (C=O) groups is 1. The van der Waals surface area contributed by atoms with Crippen LogP contribution in [0.3, 0.4) is 0 Å². The van der Waals surface area contributed by atoms with Crippen LogP contribution in [0.15, 0.2) is 48.5 Å². The Morgan fingerprint density at radius 1 is 1.20 bits per heavy atom. The first-order valence-corrected chi connectivity index (χ1v) is 8.38. The van der Waals surface area contributed by atoms with E-state index >= 15 is 0 Å². The lowest BCUT2D eigenvalue weighted by Gasteiger charge is -2.33. The lowest BCUT2D eigenvalue weighted by Crippen LogP contribution is -2.48. The van der Waals surface area contributed by atoms with Gasteiger partial charge >= 0.3 is 6.03 Å². The van der Waals surface area contributed by atoms with Gasteiger partial charge in [-0.05, 0) is 23.8 Å². The van der Waals surface area contributed by atoms with Gasteiger partial charge < -0.3 is 24.8 Å². The molecule has 0 bridgehead atoms. The van der Waals surface area contributed by atoms with Crippen molar-refractivity contribution in [3.8, 4) is 11.5 Å². The Balaban J connectivity index is 1.42. The monoisotopic (exact) mass is 340 g/mol. The molecule has 0 spiro atoms. The van der Waals surface area contributed by atoms with E-state index in [0.717, 1.165) is 16.9 Å². The summed E-state index contributed by atoms with van der Waals surface area (Å²) in [5.74, 6) is 1.02. The number of nitrogens with one attached hydrogen (secondary N) is 1. The van der Waals surface area contributed by atoms with Crippen LogP contribution in [0.2, 0.25) is 0 Å². The second-order valence-electron chi connectivity index (χ2n) is 6.25. The number of hydrogen-bond donors (Lipinski definition) is 2. The average Bonchev–Trinajstić information content (AvgIpc) is 3.05. The van der Waals surface area contributed by atoms with Gasteiger partial charge in [-0.15, -0.1) is 0 Å². The van der Waals surface area contributed by atoms with E-state index in [9.17, 15) is 9.90 Å². The molecule has 2 aliphatic rings. The molecule has 0 aromatic heterocycles. The van der Waals surface area contributed by atoms with E-state index in [0.29, 0.717) is 26.3 Å². The van der Waals surface area contributed by atoms with Crippen LogP contribution in [0.5, 0.6) is 11.5 Å². The number of phenols is 1. The van der Waals surface area contributed by atoms with Crippen LogP contribution in [-0.2, 0) is 4.74 Å². The molecule has 1 saturated heterocycles. The summed E-state index contributed by atoms with van der Waals surface area (Å²) in [6.07, 6.45) is -0.237. The zero-order chi connectivity index (χ0) is 17.2. The molecule has 4 rings (SSSR count). The van der Waals surface area contributed by atoms with Gasteiger partial charge in [0.25, 0.3) is 0 Å². The molecule has 2 unspecified atom stereocenters.